The van der Waals surface area contributed by atoms with Crippen molar-refractivity contribution in [2.24, 2.45) is 5.73 Å². The molecule has 2 aromatic carbocycles. The molecule has 0 radical (unpaired) electrons. The first kappa shape index (κ1) is 20.7. The number of halogens is 1. The van der Waals surface area contributed by atoms with E-state index in [9.17, 15) is 9.59 Å². The van der Waals surface area contributed by atoms with Crippen LogP contribution in [0.4, 0.5) is 5.69 Å². The first-order valence-electron chi connectivity index (χ1n) is 9.09. The van der Waals surface area contributed by atoms with E-state index in [1.165, 1.54) is 0 Å². The van der Waals surface area contributed by atoms with Gasteiger partial charge in [-0.2, -0.15) is 0 Å². The minimum Gasteiger partial charge on any atom is -0.352 e. The van der Waals surface area contributed by atoms with E-state index in [2.05, 4.69) is 31.5 Å². The fraction of sp³-hybridized carbons (Fsp3) is 0.136. The van der Waals surface area contributed by atoms with Gasteiger partial charge in [-0.3, -0.25) is 14.6 Å². The number of rotatable bonds is 7. The van der Waals surface area contributed by atoms with Gasteiger partial charge in [0, 0.05) is 47.1 Å². The molecule has 0 saturated heterocycles. The second kappa shape index (κ2) is 9.95. The summed E-state index contributed by atoms with van der Waals surface area (Å²) in [4.78, 5) is 28.4. The number of hydrogen-bond acceptors (Lipinski definition) is 4. The molecule has 0 spiro atoms. The van der Waals surface area contributed by atoms with Crippen LogP contribution in [-0.4, -0.2) is 16.8 Å². The number of anilines is 1. The smallest absolute Gasteiger partial charge is 0.255 e. The normalized spacial score (nSPS) is 11.5. The summed E-state index contributed by atoms with van der Waals surface area (Å²) >= 11 is 3.41. The van der Waals surface area contributed by atoms with E-state index in [0.29, 0.717) is 17.8 Å². The van der Waals surface area contributed by atoms with E-state index >= 15 is 0 Å². The fourth-order valence-electron chi connectivity index (χ4n) is 2.76. The molecule has 3 rings (SSSR count). The molecule has 148 valence electrons. The molecule has 2 amide bonds. The molecule has 6 nitrogen and oxygen atoms in total. The first-order chi connectivity index (χ1) is 14.0. The monoisotopic (exact) mass is 452 g/mol. The molecule has 1 unspecified atom stereocenters. The third kappa shape index (κ3) is 6.23. The second-order valence-electron chi connectivity index (χ2n) is 6.53. The summed E-state index contributed by atoms with van der Waals surface area (Å²) in [7, 11) is 0. The topological polar surface area (TPSA) is 97.1 Å². The van der Waals surface area contributed by atoms with Gasteiger partial charge in [0.25, 0.3) is 5.91 Å². The van der Waals surface area contributed by atoms with E-state index in [1.54, 1.807) is 48.8 Å². The van der Waals surface area contributed by atoms with Crippen LogP contribution >= 0.6 is 15.9 Å². The highest BCUT2D eigenvalue weighted by atomic mass is 79.9. The molecule has 29 heavy (non-hydrogen) atoms. The van der Waals surface area contributed by atoms with Gasteiger partial charge >= 0.3 is 0 Å². The molecule has 0 saturated carbocycles. The maximum atomic E-state index is 12.3. The van der Waals surface area contributed by atoms with Gasteiger partial charge in [0.2, 0.25) is 5.91 Å². The van der Waals surface area contributed by atoms with Gasteiger partial charge in [-0.05, 0) is 47.5 Å². The van der Waals surface area contributed by atoms with Crippen molar-refractivity contribution in [3.05, 3.63) is 94.2 Å². The molecular weight excluding hydrogens is 432 g/mol. The Morgan fingerprint density at radius 1 is 1.03 bits per heavy atom. The zero-order chi connectivity index (χ0) is 20.6. The summed E-state index contributed by atoms with van der Waals surface area (Å²) in [5.41, 5.74) is 9.15. The highest BCUT2D eigenvalue weighted by molar-refractivity contribution is 9.10. The molecule has 1 aromatic heterocycles. The van der Waals surface area contributed by atoms with Crippen LogP contribution in [0.5, 0.6) is 0 Å². The lowest BCUT2D eigenvalue weighted by molar-refractivity contribution is -0.121. The number of benzene rings is 2. The Hall–Kier alpha value is -3.03. The summed E-state index contributed by atoms with van der Waals surface area (Å²) in [6.45, 7) is 0.444. The van der Waals surface area contributed by atoms with Crippen molar-refractivity contribution in [2.75, 3.05) is 5.32 Å². The Morgan fingerprint density at radius 3 is 2.45 bits per heavy atom. The molecule has 3 aromatic rings. The standard InChI is InChI=1S/C22H21BrN4O2/c23-18-3-1-2-15(12-18)14-26-21(28)13-20(24)16-4-6-17(7-5-16)22(29)27-19-8-10-25-11-9-19/h1-12,20H,13-14,24H2,(H,26,28)(H,25,27,29). The predicted molar refractivity (Wildman–Crippen MR) is 116 cm³/mol. The molecule has 0 aliphatic heterocycles. The summed E-state index contributed by atoms with van der Waals surface area (Å²) < 4.78 is 0.967. The van der Waals surface area contributed by atoms with Gasteiger partial charge in [-0.15, -0.1) is 0 Å². The average molecular weight is 453 g/mol. The first-order valence-corrected chi connectivity index (χ1v) is 9.88. The van der Waals surface area contributed by atoms with Crippen molar-refractivity contribution < 1.29 is 9.59 Å². The number of nitrogens with zero attached hydrogens (tertiary/aromatic N) is 1. The summed E-state index contributed by atoms with van der Waals surface area (Å²) in [6.07, 6.45) is 3.38. The number of nitrogens with one attached hydrogen (secondary N) is 2. The largest absolute Gasteiger partial charge is 0.352 e. The molecule has 0 aliphatic carbocycles. The lowest BCUT2D eigenvalue weighted by Gasteiger charge is -2.13. The Balaban J connectivity index is 1.52. The van der Waals surface area contributed by atoms with Gasteiger partial charge in [0.15, 0.2) is 0 Å². The van der Waals surface area contributed by atoms with Crippen LogP contribution in [0.2, 0.25) is 0 Å². The van der Waals surface area contributed by atoms with E-state index in [1.807, 2.05) is 24.3 Å². The van der Waals surface area contributed by atoms with Gasteiger partial charge in [0.05, 0.1) is 0 Å². The maximum absolute atomic E-state index is 12.3. The molecule has 7 heteroatoms. The molecule has 0 bridgehead atoms. The number of carbonyl (C=O) groups excluding carboxylic acids is 2. The Bertz CT molecular complexity index is 978. The molecule has 1 heterocycles. The van der Waals surface area contributed by atoms with Crippen LogP contribution in [0.15, 0.2) is 77.5 Å². The molecular formula is C22H21BrN4O2. The molecule has 1 atom stereocenters. The molecule has 0 aliphatic rings. The van der Waals surface area contributed by atoms with Gasteiger partial charge < -0.3 is 16.4 Å². The minimum absolute atomic E-state index is 0.128. The van der Waals surface area contributed by atoms with E-state index in [-0.39, 0.29) is 18.2 Å². The number of hydrogen-bond donors (Lipinski definition) is 3. The van der Waals surface area contributed by atoms with Crippen molar-refractivity contribution in [2.45, 2.75) is 19.0 Å². The third-order valence-electron chi connectivity index (χ3n) is 4.32. The van der Waals surface area contributed by atoms with Crippen LogP contribution in [0, 0.1) is 0 Å². The number of carbonyl (C=O) groups is 2. The van der Waals surface area contributed by atoms with Gasteiger partial charge in [0.1, 0.15) is 0 Å². The highest BCUT2D eigenvalue weighted by Crippen LogP contribution is 2.16. The van der Waals surface area contributed by atoms with Crippen LogP contribution < -0.4 is 16.4 Å². The SMILES string of the molecule is NC(CC(=O)NCc1cccc(Br)c1)c1ccc(C(=O)Nc2ccncc2)cc1. The van der Waals surface area contributed by atoms with E-state index < -0.39 is 6.04 Å². The summed E-state index contributed by atoms with van der Waals surface area (Å²) in [5, 5.41) is 5.67. The zero-order valence-electron chi connectivity index (χ0n) is 15.6. The van der Waals surface area contributed by atoms with Gasteiger partial charge in [-0.25, -0.2) is 0 Å². The van der Waals surface area contributed by atoms with Crippen molar-refractivity contribution in [1.82, 2.24) is 10.3 Å². The van der Waals surface area contributed by atoms with Crippen LogP contribution in [0.25, 0.3) is 0 Å². The average Bonchev–Trinajstić information content (AvgIpc) is 2.73. The van der Waals surface area contributed by atoms with Gasteiger partial charge in [-0.1, -0.05) is 40.2 Å². The number of amides is 2. The third-order valence-corrected chi connectivity index (χ3v) is 4.82. The van der Waals surface area contributed by atoms with E-state index in [4.69, 9.17) is 5.73 Å². The van der Waals surface area contributed by atoms with Crippen LogP contribution in [0.3, 0.4) is 0 Å². The van der Waals surface area contributed by atoms with Crippen molar-refractivity contribution in [1.29, 1.82) is 0 Å². The summed E-state index contributed by atoms with van der Waals surface area (Å²) in [5.74, 6) is -0.347. The zero-order valence-corrected chi connectivity index (χ0v) is 17.2. The maximum Gasteiger partial charge on any atom is 0.255 e. The Morgan fingerprint density at radius 2 is 1.76 bits per heavy atom. The Kier molecular flexibility index (Phi) is 7.10. The second-order valence-corrected chi connectivity index (χ2v) is 7.44. The predicted octanol–water partition coefficient (Wildman–Crippen LogP) is 3.80. The van der Waals surface area contributed by atoms with Crippen molar-refractivity contribution in [3.8, 4) is 0 Å². The Labute approximate surface area is 177 Å². The van der Waals surface area contributed by atoms with Crippen LogP contribution in [0.1, 0.15) is 33.9 Å². The van der Waals surface area contributed by atoms with Crippen molar-refractivity contribution >= 4 is 33.4 Å². The highest BCUT2D eigenvalue weighted by Gasteiger charge is 2.13. The number of nitrogens with two attached hydrogens (primary N) is 1. The lowest BCUT2D eigenvalue weighted by Crippen LogP contribution is -2.27. The minimum atomic E-state index is -0.449. The van der Waals surface area contributed by atoms with E-state index in [0.717, 1.165) is 15.6 Å². The summed E-state index contributed by atoms with van der Waals surface area (Å²) in [6, 6.07) is 17.7. The lowest BCUT2D eigenvalue weighted by atomic mass is 10.0. The van der Waals surface area contributed by atoms with Crippen molar-refractivity contribution in [3.63, 3.8) is 0 Å². The number of pyridine rings is 1. The fourth-order valence-corrected chi connectivity index (χ4v) is 3.20. The molecule has 0 fully saturated rings. The molecule has 4 N–H and O–H groups in total. The quantitative estimate of drug-likeness (QED) is 0.507. The number of aromatic nitrogens is 1. The van der Waals surface area contributed by atoms with Crippen LogP contribution in [-0.2, 0) is 11.3 Å².